The van der Waals surface area contributed by atoms with Crippen LogP contribution in [0.25, 0.3) is 0 Å². The molecule has 1 unspecified atom stereocenters. The van der Waals surface area contributed by atoms with Crippen molar-refractivity contribution in [2.24, 2.45) is 0 Å². The molecule has 0 radical (unpaired) electrons. The highest BCUT2D eigenvalue weighted by Crippen LogP contribution is 2.46. The van der Waals surface area contributed by atoms with Crippen LogP contribution in [0.4, 0.5) is 0 Å². The monoisotopic (exact) mass is 257 g/mol. The van der Waals surface area contributed by atoms with Gasteiger partial charge < -0.3 is 9.69 Å². The second kappa shape index (κ2) is 5.09. The predicted molar refractivity (Wildman–Crippen MR) is 77.4 cm³/mol. The molecule has 1 aliphatic carbocycles. The molecule has 0 amide bonds. The second-order valence-electron chi connectivity index (χ2n) is 6.22. The number of aryl methyl sites for hydroxylation is 1. The van der Waals surface area contributed by atoms with Gasteiger partial charge in [-0.3, -0.25) is 0 Å². The first-order chi connectivity index (χ1) is 9.25. The summed E-state index contributed by atoms with van der Waals surface area (Å²) in [4.78, 5) is 13.1. The Balaban J connectivity index is 1.72. The summed E-state index contributed by atoms with van der Waals surface area (Å²) < 4.78 is 0. The van der Waals surface area contributed by atoms with Gasteiger partial charge in [0.1, 0.15) is 6.29 Å². The third-order valence-corrected chi connectivity index (χ3v) is 5.28. The molecule has 1 aromatic carbocycles. The Morgan fingerprint density at radius 3 is 2.74 bits per heavy atom. The van der Waals surface area contributed by atoms with Gasteiger partial charge in [0.05, 0.1) is 0 Å². The molecule has 0 saturated carbocycles. The lowest BCUT2D eigenvalue weighted by atomic mass is 9.73. The molecule has 1 fully saturated rings. The molecule has 3 rings (SSSR count). The topological polar surface area (TPSA) is 20.3 Å². The third-order valence-electron chi connectivity index (χ3n) is 5.28. The van der Waals surface area contributed by atoms with Crippen molar-refractivity contribution in [1.82, 2.24) is 4.90 Å². The number of aldehydes is 1. The van der Waals surface area contributed by atoms with Crippen molar-refractivity contribution >= 4 is 6.29 Å². The normalized spacial score (nSPS) is 23.2. The van der Waals surface area contributed by atoms with Crippen molar-refractivity contribution in [3.8, 4) is 0 Å². The van der Waals surface area contributed by atoms with Gasteiger partial charge in [0.15, 0.2) is 0 Å². The predicted octanol–water partition coefficient (Wildman–Crippen LogP) is 2.94. The van der Waals surface area contributed by atoms with Gasteiger partial charge in [0, 0.05) is 12.5 Å². The van der Waals surface area contributed by atoms with Crippen LogP contribution in [-0.2, 0) is 16.6 Å². The number of fused-ring (bicyclic) bond motifs is 2. The van der Waals surface area contributed by atoms with E-state index in [2.05, 4.69) is 36.1 Å². The molecule has 1 saturated heterocycles. The molecule has 1 atom stereocenters. The molecule has 1 aliphatic heterocycles. The molecular formula is C17H23NO. The summed E-state index contributed by atoms with van der Waals surface area (Å²) in [7, 11) is 0. The first-order valence-corrected chi connectivity index (χ1v) is 7.51. The second-order valence-corrected chi connectivity index (χ2v) is 6.22. The standard InChI is InChI=1S/C17H23NO/c1-14(7-13-19)18-11-9-17(10-12-18)8-6-15-4-2-3-5-16(15)17/h2-5,13-14H,6-12H2,1H3. The van der Waals surface area contributed by atoms with Gasteiger partial charge in [0.2, 0.25) is 0 Å². The van der Waals surface area contributed by atoms with Crippen LogP contribution in [0.5, 0.6) is 0 Å². The maximum atomic E-state index is 10.6. The van der Waals surface area contributed by atoms with Crippen LogP contribution in [0.3, 0.4) is 0 Å². The molecule has 0 N–H and O–H groups in total. The minimum absolute atomic E-state index is 0.409. The van der Waals surface area contributed by atoms with E-state index in [1.54, 1.807) is 11.1 Å². The Bertz CT molecular complexity index is 460. The fourth-order valence-electron chi connectivity index (χ4n) is 3.96. The van der Waals surface area contributed by atoms with E-state index in [0.29, 0.717) is 17.9 Å². The first-order valence-electron chi connectivity index (χ1n) is 7.51. The van der Waals surface area contributed by atoms with Gasteiger partial charge in [0.25, 0.3) is 0 Å². The van der Waals surface area contributed by atoms with Gasteiger partial charge in [-0.05, 0) is 62.2 Å². The number of likely N-dealkylation sites (tertiary alicyclic amines) is 1. The number of carbonyl (C=O) groups excluding carboxylic acids is 1. The Morgan fingerprint density at radius 2 is 2.00 bits per heavy atom. The zero-order chi connectivity index (χ0) is 13.3. The maximum absolute atomic E-state index is 10.6. The van der Waals surface area contributed by atoms with Crippen LogP contribution >= 0.6 is 0 Å². The Hall–Kier alpha value is -1.15. The molecule has 1 aromatic rings. The highest BCUT2D eigenvalue weighted by Gasteiger charge is 2.41. The fourth-order valence-corrected chi connectivity index (χ4v) is 3.96. The van der Waals surface area contributed by atoms with Gasteiger partial charge in [-0.25, -0.2) is 0 Å². The van der Waals surface area contributed by atoms with E-state index < -0.39 is 0 Å². The van der Waals surface area contributed by atoms with E-state index in [1.165, 1.54) is 25.7 Å². The minimum atomic E-state index is 0.409. The SMILES string of the molecule is CC(CC=O)N1CCC2(CCc3ccccc32)CC1. The zero-order valence-electron chi connectivity index (χ0n) is 11.8. The van der Waals surface area contributed by atoms with E-state index >= 15 is 0 Å². The van der Waals surface area contributed by atoms with Crippen LogP contribution in [0, 0.1) is 0 Å². The van der Waals surface area contributed by atoms with E-state index in [-0.39, 0.29) is 0 Å². The molecule has 1 heterocycles. The van der Waals surface area contributed by atoms with Gasteiger partial charge in [-0.1, -0.05) is 24.3 Å². The molecule has 2 nitrogen and oxygen atoms in total. The summed E-state index contributed by atoms with van der Waals surface area (Å²) in [6.07, 6.45) is 6.81. The lowest BCUT2D eigenvalue weighted by Crippen LogP contribution is -2.45. The van der Waals surface area contributed by atoms with Crippen LogP contribution in [0.1, 0.15) is 43.7 Å². The van der Waals surface area contributed by atoms with Gasteiger partial charge in [-0.2, -0.15) is 0 Å². The zero-order valence-corrected chi connectivity index (χ0v) is 11.8. The first kappa shape index (κ1) is 12.9. The van der Waals surface area contributed by atoms with Crippen molar-refractivity contribution in [2.75, 3.05) is 13.1 Å². The van der Waals surface area contributed by atoms with Crippen LogP contribution < -0.4 is 0 Å². The molecule has 0 bridgehead atoms. The Morgan fingerprint density at radius 1 is 1.26 bits per heavy atom. The number of carbonyl (C=O) groups is 1. The minimum Gasteiger partial charge on any atom is -0.303 e. The van der Waals surface area contributed by atoms with Crippen molar-refractivity contribution in [2.45, 2.75) is 50.5 Å². The summed E-state index contributed by atoms with van der Waals surface area (Å²) in [5, 5.41) is 0. The number of piperidine rings is 1. The van der Waals surface area contributed by atoms with E-state index in [1.807, 2.05) is 0 Å². The maximum Gasteiger partial charge on any atom is 0.121 e. The Labute approximate surface area is 115 Å². The average molecular weight is 257 g/mol. The largest absolute Gasteiger partial charge is 0.303 e. The van der Waals surface area contributed by atoms with Crippen LogP contribution in [-0.4, -0.2) is 30.3 Å². The summed E-state index contributed by atoms with van der Waals surface area (Å²) >= 11 is 0. The number of hydrogen-bond donors (Lipinski definition) is 0. The third kappa shape index (κ3) is 2.23. The number of rotatable bonds is 3. The number of benzene rings is 1. The highest BCUT2D eigenvalue weighted by atomic mass is 16.1. The summed E-state index contributed by atoms with van der Waals surface area (Å²) in [5.74, 6) is 0. The van der Waals surface area contributed by atoms with E-state index in [4.69, 9.17) is 0 Å². The fraction of sp³-hybridized carbons (Fsp3) is 0.588. The van der Waals surface area contributed by atoms with Crippen molar-refractivity contribution < 1.29 is 4.79 Å². The van der Waals surface area contributed by atoms with Gasteiger partial charge in [-0.15, -0.1) is 0 Å². The molecule has 0 aromatic heterocycles. The molecule has 1 spiro atoms. The van der Waals surface area contributed by atoms with Gasteiger partial charge >= 0.3 is 0 Å². The van der Waals surface area contributed by atoms with Crippen molar-refractivity contribution in [3.05, 3.63) is 35.4 Å². The summed E-state index contributed by atoms with van der Waals surface area (Å²) in [5.41, 5.74) is 3.61. The number of hydrogen-bond acceptors (Lipinski definition) is 2. The lowest BCUT2D eigenvalue weighted by molar-refractivity contribution is -0.108. The van der Waals surface area contributed by atoms with Crippen molar-refractivity contribution in [3.63, 3.8) is 0 Å². The molecule has 19 heavy (non-hydrogen) atoms. The van der Waals surface area contributed by atoms with Crippen molar-refractivity contribution in [1.29, 1.82) is 0 Å². The lowest BCUT2D eigenvalue weighted by Gasteiger charge is -2.42. The van der Waals surface area contributed by atoms with E-state index in [0.717, 1.165) is 19.4 Å². The smallest absolute Gasteiger partial charge is 0.121 e. The highest BCUT2D eigenvalue weighted by molar-refractivity contribution is 5.50. The van der Waals surface area contributed by atoms with Crippen LogP contribution in [0.2, 0.25) is 0 Å². The van der Waals surface area contributed by atoms with E-state index in [9.17, 15) is 4.79 Å². The quantitative estimate of drug-likeness (QED) is 0.776. The molecular weight excluding hydrogens is 234 g/mol. The summed E-state index contributed by atoms with van der Waals surface area (Å²) in [6.45, 7) is 4.46. The molecule has 102 valence electrons. The summed E-state index contributed by atoms with van der Waals surface area (Å²) in [6, 6.07) is 9.40. The average Bonchev–Trinajstić information content (AvgIpc) is 2.80. The van der Waals surface area contributed by atoms with Crippen LogP contribution in [0.15, 0.2) is 24.3 Å². The molecule has 2 heteroatoms. The Kier molecular flexibility index (Phi) is 3.44. The number of nitrogens with zero attached hydrogens (tertiary/aromatic N) is 1. The molecule has 2 aliphatic rings.